The molecule has 0 aromatic heterocycles. The molecule has 78 valence electrons. The summed E-state index contributed by atoms with van der Waals surface area (Å²) in [4.78, 5) is 36.4. The molecule has 0 rings (SSSR count). The topological polar surface area (TPSA) is 149 Å². The molecular weight excluding hydrogens is 264 g/mol. The number of aliphatic carboxylic acids is 4. The molecule has 0 unspecified atom stereocenters. The van der Waals surface area contributed by atoms with Crippen LogP contribution >= 0.6 is 0 Å². The maximum Gasteiger partial charge on any atom is 0.316 e. The molecule has 0 aromatic carbocycles. The first-order chi connectivity index (χ1) is 5.29. The van der Waals surface area contributed by atoms with Crippen LogP contribution < -0.4 is 0 Å². The van der Waals surface area contributed by atoms with E-state index in [0.717, 1.165) is 0 Å². The summed E-state index contributed by atoms with van der Waals surface area (Å²) < 4.78 is 0. The fraction of sp³-hybridized carbons (Fsp3) is 0. The second-order valence-corrected chi connectivity index (χ2v) is 1.22. The van der Waals surface area contributed by atoms with Gasteiger partial charge in [0.15, 0.2) is 0 Å². The molecule has 8 nitrogen and oxygen atoms in total. The fourth-order valence-corrected chi connectivity index (χ4v) is 0. The smallest absolute Gasteiger partial charge is 0.316 e. The summed E-state index contributed by atoms with van der Waals surface area (Å²) in [5.41, 5.74) is 0. The van der Waals surface area contributed by atoms with Gasteiger partial charge in [-0.25, -0.2) is 19.2 Å². The van der Waals surface area contributed by atoms with Crippen LogP contribution in [0.2, 0.25) is 0 Å². The molecule has 0 aliphatic carbocycles. The minimum absolute atomic E-state index is 0. The monoisotopic (exact) mass is 272 g/mol. The van der Waals surface area contributed by atoms with E-state index in [-0.39, 0.29) is 97.5 Å². The zero-order chi connectivity index (χ0) is 10.3. The molecule has 0 aliphatic heterocycles. The van der Waals surface area contributed by atoms with Crippen molar-refractivity contribution in [1.82, 2.24) is 0 Å². The molecule has 0 spiro atoms. The number of carbonyl (C=O) groups is 4. The van der Waals surface area contributed by atoms with E-state index in [0.29, 0.717) is 0 Å². The molecular formula is C4H9KMg2O8. The van der Waals surface area contributed by atoms with Crippen molar-refractivity contribution in [3.05, 3.63) is 0 Å². The SMILES string of the molecule is O=C(O)C(=O)O.O=C(O)C(=O)O.[KH].[MgH2].[MgH2]. The molecule has 0 atom stereocenters. The fourth-order valence-electron chi connectivity index (χ4n) is 0. The third kappa shape index (κ3) is 31.3. The van der Waals surface area contributed by atoms with Gasteiger partial charge in [-0.15, -0.1) is 0 Å². The Balaban J connectivity index is -0.0000000370. The van der Waals surface area contributed by atoms with Crippen molar-refractivity contribution in [3.8, 4) is 0 Å². The Hall–Kier alpha value is 1.05. The van der Waals surface area contributed by atoms with E-state index < -0.39 is 23.9 Å². The van der Waals surface area contributed by atoms with Gasteiger partial charge in [0.05, 0.1) is 0 Å². The molecule has 0 heterocycles. The number of hydrogen-bond acceptors (Lipinski definition) is 4. The maximum absolute atomic E-state index is 9.10. The molecule has 0 saturated heterocycles. The summed E-state index contributed by atoms with van der Waals surface area (Å²) in [5, 5.41) is 29.6. The largest absolute Gasteiger partial charge is 0.316 e. The number of rotatable bonds is 0. The Morgan fingerprint density at radius 3 is 0.600 bits per heavy atom. The number of carboxylic acid groups (broad SMARTS) is 4. The van der Waals surface area contributed by atoms with Crippen LogP contribution in [0.15, 0.2) is 0 Å². The van der Waals surface area contributed by atoms with Crippen LogP contribution in [0.5, 0.6) is 0 Å². The predicted molar refractivity (Wildman–Crippen MR) is 54.8 cm³/mol. The van der Waals surface area contributed by atoms with Crippen LogP contribution in [0.25, 0.3) is 0 Å². The normalized spacial score (nSPS) is 5.87. The average molecular weight is 273 g/mol. The maximum atomic E-state index is 9.10. The Bertz CT molecular complexity index is 181. The minimum Gasteiger partial charge on any atom is 0.316 e. The minimum atomic E-state index is -1.82. The summed E-state index contributed by atoms with van der Waals surface area (Å²) in [6.45, 7) is 0. The molecule has 0 radical (unpaired) electrons. The van der Waals surface area contributed by atoms with Crippen LogP contribution in [-0.2, 0) is 19.2 Å². The van der Waals surface area contributed by atoms with E-state index in [1.54, 1.807) is 0 Å². The average Bonchev–Trinajstić information content (AvgIpc) is 1.88. The van der Waals surface area contributed by atoms with Gasteiger partial charge in [0.2, 0.25) is 0 Å². The summed E-state index contributed by atoms with van der Waals surface area (Å²) in [6.07, 6.45) is 0. The molecule has 0 fully saturated rings. The van der Waals surface area contributed by atoms with E-state index in [2.05, 4.69) is 0 Å². The molecule has 15 heavy (non-hydrogen) atoms. The van der Waals surface area contributed by atoms with Crippen LogP contribution in [-0.4, -0.2) is 142 Å². The molecule has 0 saturated carbocycles. The zero-order valence-corrected chi connectivity index (χ0v) is 5.42. The molecule has 11 heteroatoms. The zero-order valence-electron chi connectivity index (χ0n) is 5.42. The van der Waals surface area contributed by atoms with Gasteiger partial charge >= 0.3 is 121 Å². The van der Waals surface area contributed by atoms with Gasteiger partial charge in [-0.2, -0.15) is 0 Å². The second kappa shape index (κ2) is 17.4. The van der Waals surface area contributed by atoms with Crippen molar-refractivity contribution in [2.45, 2.75) is 0 Å². The summed E-state index contributed by atoms with van der Waals surface area (Å²) in [6, 6.07) is 0. The van der Waals surface area contributed by atoms with Gasteiger partial charge < -0.3 is 20.4 Å². The van der Waals surface area contributed by atoms with Crippen molar-refractivity contribution in [3.63, 3.8) is 0 Å². The van der Waals surface area contributed by atoms with Crippen molar-refractivity contribution < 1.29 is 39.6 Å². The van der Waals surface area contributed by atoms with Crippen molar-refractivity contribution in [2.75, 3.05) is 0 Å². The number of carboxylic acids is 4. The first-order valence-electron chi connectivity index (χ1n) is 2.21. The summed E-state index contributed by atoms with van der Waals surface area (Å²) in [5.74, 6) is -7.30. The Morgan fingerprint density at radius 1 is 0.533 bits per heavy atom. The van der Waals surface area contributed by atoms with E-state index in [4.69, 9.17) is 39.6 Å². The molecule has 4 N–H and O–H groups in total. The van der Waals surface area contributed by atoms with Gasteiger partial charge in [0, 0.05) is 0 Å². The standard InChI is InChI=1S/2C2H2O4.K.2Mg.5H/c2*3-1(4)2(5)6;;;;;;;;/h2*(H,3,4)(H,5,6);;;;;;;;. The van der Waals surface area contributed by atoms with Gasteiger partial charge in [-0.3, -0.25) is 0 Å². The molecule has 0 aromatic rings. The van der Waals surface area contributed by atoms with Gasteiger partial charge in [-0.05, 0) is 0 Å². The predicted octanol–water partition coefficient (Wildman–Crippen LogP) is -4.17. The summed E-state index contributed by atoms with van der Waals surface area (Å²) >= 11 is 0. The van der Waals surface area contributed by atoms with Crippen molar-refractivity contribution in [2.24, 2.45) is 0 Å². The molecule has 0 aliphatic rings. The quantitative estimate of drug-likeness (QED) is 0.256. The van der Waals surface area contributed by atoms with E-state index in [1.165, 1.54) is 0 Å². The van der Waals surface area contributed by atoms with Gasteiger partial charge in [0.25, 0.3) is 0 Å². The van der Waals surface area contributed by atoms with Crippen LogP contribution in [0.3, 0.4) is 0 Å². The molecule has 0 amide bonds. The molecule has 0 bridgehead atoms. The third-order valence-electron chi connectivity index (χ3n) is 0.366. The Kier molecular flexibility index (Phi) is 34.6. The van der Waals surface area contributed by atoms with Crippen molar-refractivity contribution in [1.29, 1.82) is 0 Å². The van der Waals surface area contributed by atoms with E-state index in [1.807, 2.05) is 0 Å². The number of hydrogen-bond donors (Lipinski definition) is 4. The van der Waals surface area contributed by atoms with Crippen LogP contribution in [0.1, 0.15) is 0 Å². The summed E-state index contributed by atoms with van der Waals surface area (Å²) in [7, 11) is 0. The Labute approximate surface area is 158 Å². The van der Waals surface area contributed by atoms with Crippen LogP contribution in [0, 0.1) is 0 Å². The third-order valence-corrected chi connectivity index (χ3v) is 0.366. The first-order valence-corrected chi connectivity index (χ1v) is 2.21. The van der Waals surface area contributed by atoms with Gasteiger partial charge in [-0.1, -0.05) is 0 Å². The van der Waals surface area contributed by atoms with Crippen LogP contribution in [0.4, 0.5) is 0 Å². The first kappa shape index (κ1) is 29.8. The van der Waals surface area contributed by atoms with Crippen molar-refractivity contribution >= 4 is 121 Å². The second-order valence-electron chi connectivity index (χ2n) is 1.22. The van der Waals surface area contributed by atoms with E-state index in [9.17, 15) is 0 Å². The van der Waals surface area contributed by atoms with Gasteiger partial charge in [0.1, 0.15) is 0 Å². The Morgan fingerprint density at radius 2 is 0.600 bits per heavy atom. The van der Waals surface area contributed by atoms with E-state index >= 15 is 0 Å².